The molecule has 9 aromatic rings. The molecule has 0 bridgehead atoms. The zero-order chi connectivity index (χ0) is 58.9. The predicted molar refractivity (Wildman–Crippen MR) is 287 cm³/mol. The molecule has 1 aromatic heterocycles. The van der Waals surface area contributed by atoms with E-state index in [9.17, 15) is 40.3 Å². The molecule has 0 aliphatic rings. The first kappa shape index (κ1) is 57.4. The zero-order valence-electron chi connectivity index (χ0n) is 42.6. The average Bonchev–Trinajstić information content (AvgIpc) is 1.20. The van der Waals surface area contributed by atoms with Crippen LogP contribution in [0.4, 0.5) is 26.3 Å². The number of halogens is 6. The number of hydrogen-bond donors (Lipinski definition) is 2. The highest BCUT2D eigenvalue weighted by molar-refractivity contribution is 7.86. The maximum atomic E-state index is 15.1. The van der Waals surface area contributed by atoms with Gasteiger partial charge in [0.1, 0.15) is 33.6 Å². The molecule has 21 heteroatoms. The molecule has 0 aliphatic heterocycles. The van der Waals surface area contributed by atoms with Crippen molar-refractivity contribution >= 4 is 37.6 Å². The summed E-state index contributed by atoms with van der Waals surface area (Å²) in [4.78, 5) is 42.1. The number of rotatable bonds is 17. The number of ether oxygens (including phenoxy) is 3. The van der Waals surface area contributed by atoms with E-state index in [1.165, 1.54) is 72.8 Å². The van der Waals surface area contributed by atoms with Crippen molar-refractivity contribution in [1.29, 1.82) is 0 Å². The van der Waals surface area contributed by atoms with Gasteiger partial charge in [-0.05, 0) is 145 Å². The Morgan fingerprint density at radius 3 is 1.17 bits per heavy atom. The number of nitrogens with zero attached hydrogens (tertiary/aromatic N) is 1. The molecular weight excluding hydrogens is 1120 g/mol. The second kappa shape index (κ2) is 22.3. The molecule has 0 atom stereocenters. The van der Waals surface area contributed by atoms with Crippen LogP contribution in [-0.2, 0) is 25.7 Å². The summed E-state index contributed by atoms with van der Waals surface area (Å²) in [6.45, 7) is 3.66. The number of alkyl halides is 6. The van der Waals surface area contributed by atoms with Gasteiger partial charge in [0.15, 0.2) is 22.2 Å². The highest BCUT2D eigenvalue weighted by atomic mass is 32.2. The Morgan fingerprint density at radius 1 is 0.427 bits per heavy atom. The molecule has 0 saturated carbocycles. The predicted octanol–water partition coefficient (Wildman–Crippen LogP) is 14.3. The third-order valence-corrected chi connectivity index (χ3v) is 14.7. The third-order valence-electron chi connectivity index (χ3n) is 13.0. The minimum Gasteiger partial charge on any atom is -0.457 e. The molecule has 9 rings (SSSR count). The van der Waals surface area contributed by atoms with Crippen LogP contribution in [-0.4, -0.2) is 60.6 Å². The fourth-order valence-corrected chi connectivity index (χ4v) is 9.96. The van der Waals surface area contributed by atoms with E-state index in [0.29, 0.717) is 58.8 Å². The van der Waals surface area contributed by atoms with Crippen molar-refractivity contribution in [3.8, 4) is 45.8 Å². The first-order chi connectivity index (χ1) is 38.7. The SMILES string of the molecule is Cc1ccc(C(=O)c2ccc(Oc3ccc(C(c4ccc(Oc5ccc(C(=O)c6ccc(-c7ccc(C)cc7C(=O)c7ccc(Oc8ncc(S(=O)(=O)O)cc8S(=O)(=O)O)cc7)cc6)cc5)cc4)(C(F)(F)F)C(F)(F)F)cc3)cc2)cc1. The molecule has 416 valence electrons. The Balaban J connectivity index is 0.861. The summed E-state index contributed by atoms with van der Waals surface area (Å²) in [5.41, 5.74) is -2.26. The van der Waals surface area contributed by atoms with Crippen molar-refractivity contribution in [1.82, 2.24) is 4.98 Å². The quantitative estimate of drug-likeness (QED) is 0.0496. The average molecular weight is 1160 g/mol. The van der Waals surface area contributed by atoms with Gasteiger partial charge in [-0.15, -0.1) is 0 Å². The van der Waals surface area contributed by atoms with Gasteiger partial charge in [0.2, 0.25) is 11.3 Å². The molecule has 0 fully saturated rings. The number of ketones is 3. The maximum absolute atomic E-state index is 15.1. The lowest BCUT2D eigenvalue weighted by molar-refractivity contribution is -0.288. The van der Waals surface area contributed by atoms with Crippen LogP contribution in [0.2, 0.25) is 0 Å². The van der Waals surface area contributed by atoms with E-state index < -0.39 is 76.4 Å². The van der Waals surface area contributed by atoms with E-state index in [2.05, 4.69) is 4.98 Å². The maximum Gasteiger partial charge on any atom is 0.411 e. The normalized spacial score (nSPS) is 12.1. The topological polar surface area (TPSA) is 201 Å². The fraction of sp³-hybridized carbons (Fsp3) is 0.0820. The Hall–Kier alpha value is -9.28. The summed E-state index contributed by atoms with van der Waals surface area (Å²) in [6, 6.07) is 42.5. The highest BCUT2D eigenvalue weighted by Gasteiger charge is 2.72. The lowest BCUT2D eigenvalue weighted by atomic mass is 9.73. The fourth-order valence-electron chi connectivity index (χ4n) is 8.84. The van der Waals surface area contributed by atoms with E-state index in [-0.39, 0.29) is 56.8 Å². The van der Waals surface area contributed by atoms with E-state index in [0.717, 1.165) is 35.4 Å². The van der Waals surface area contributed by atoms with Gasteiger partial charge in [-0.3, -0.25) is 23.5 Å². The van der Waals surface area contributed by atoms with E-state index in [1.807, 2.05) is 6.92 Å². The van der Waals surface area contributed by atoms with Gasteiger partial charge < -0.3 is 14.2 Å². The van der Waals surface area contributed by atoms with E-state index in [1.54, 1.807) is 73.7 Å². The number of carbonyl (C=O) groups is 3. The van der Waals surface area contributed by atoms with Gasteiger partial charge in [0.25, 0.3) is 20.2 Å². The van der Waals surface area contributed by atoms with Crippen LogP contribution in [0.5, 0.6) is 34.6 Å². The second-order valence-corrected chi connectivity index (χ2v) is 21.4. The molecule has 0 radical (unpaired) electrons. The zero-order valence-corrected chi connectivity index (χ0v) is 44.2. The van der Waals surface area contributed by atoms with E-state index in [4.69, 9.17) is 14.2 Å². The van der Waals surface area contributed by atoms with Crippen LogP contribution in [0.25, 0.3) is 11.1 Å². The smallest absolute Gasteiger partial charge is 0.411 e. The molecule has 0 unspecified atom stereocenters. The van der Waals surface area contributed by atoms with Gasteiger partial charge in [-0.1, -0.05) is 96.1 Å². The lowest BCUT2D eigenvalue weighted by Gasteiger charge is -2.38. The molecule has 0 aliphatic carbocycles. The summed E-state index contributed by atoms with van der Waals surface area (Å²) in [5, 5.41) is 0. The van der Waals surface area contributed by atoms with Crippen LogP contribution in [0.1, 0.15) is 70.0 Å². The molecule has 13 nitrogen and oxygen atoms in total. The lowest BCUT2D eigenvalue weighted by Crippen LogP contribution is -2.54. The number of carbonyl (C=O) groups excluding carboxylic acids is 3. The minimum atomic E-state index is -5.88. The third kappa shape index (κ3) is 12.1. The van der Waals surface area contributed by atoms with Crippen LogP contribution in [0.3, 0.4) is 0 Å². The van der Waals surface area contributed by atoms with Crippen molar-refractivity contribution in [3.05, 3.63) is 256 Å². The van der Waals surface area contributed by atoms with Crippen LogP contribution < -0.4 is 14.2 Å². The van der Waals surface area contributed by atoms with Gasteiger partial charge in [-0.2, -0.15) is 43.2 Å². The van der Waals surface area contributed by atoms with Crippen molar-refractivity contribution < 1.29 is 80.9 Å². The van der Waals surface area contributed by atoms with Crippen molar-refractivity contribution in [2.75, 3.05) is 0 Å². The van der Waals surface area contributed by atoms with Crippen LogP contribution in [0.15, 0.2) is 210 Å². The van der Waals surface area contributed by atoms with Crippen molar-refractivity contribution in [3.63, 3.8) is 0 Å². The molecule has 8 aromatic carbocycles. The Labute approximate surface area is 464 Å². The summed E-state index contributed by atoms with van der Waals surface area (Å²) in [6.07, 6.45) is -11.1. The monoisotopic (exact) mass is 1160 g/mol. The van der Waals surface area contributed by atoms with Crippen LogP contribution >= 0.6 is 0 Å². The Morgan fingerprint density at radius 2 is 0.780 bits per heavy atom. The van der Waals surface area contributed by atoms with E-state index >= 15 is 26.3 Å². The Kier molecular flexibility index (Phi) is 15.6. The number of aromatic nitrogens is 1. The molecule has 0 spiro atoms. The minimum absolute atomic E-state index is 0.0553. The van der Waals surface area contributed by atoms with Gasteiger partial charge in [0, 0.05) is 33.4 Å². The first-order valence-electron chi connectivity index (χ1n) is 24.2. The second-order valence-electron chi connectivity index (χ2n) is 18.6. The molecule has 82 heavy (non-hydrogen) atoms. The molecule has 2 N–H and O–H groups in total. The summed E-state index contributed by atoms with van der Waals surface area (Å²) in [7, 11) is -9.97. The molecule has 0 amide bonds. The summed E-state index contributed by atoms with van der Waals surface area (Å²) < 4.78 is 173. The molecule has 1 heterocycles. The van der Waals surface area contributed by atoms with Gasteiger partial charge in [-0.25, -0.2) is 4.98 Å². The molecular formula is C61H41F6NO12S2. The first-order valence-corrected chi connectivity index (χ1v) is 27.1. The number of benzene rings is 8. The molecule has 0 saturated heterocycles. The standard InChI is InChI=1S/C61H41F6NO12S2/c1-36-3-6-39(7-4-36)55(69)41-12-22-46(23-13-41)78-48-28-18-44(19-29-48)59(60(62,63)64,61(65,66)67)45-20-30-49(31-21-45)79-47-24-14-42(15-25-47)56(70)40-10-8-38(9-11-40)52-32-5-37(2)33-53(52)57(71)43-16-26-50(27-17-43)80-58-54(82(75,76)77)34-51(35-68-58)81(72,73)74/h3-35H,1-2H3,(H,72,73,74)(H,75,76,77). The largest absolute Gasteiger partial charge is 0.457 e. The summed E-state index contributed by atoms with van der Waals surface area (Å²) >= 11 is 0. The van der Waals surface area contributed by atoms with Crippen molar-refractivity contribution in [2.45, 2.75) is 41.4 Å². The number of aryl methyl sites for hydroxylation is 2. The van der Waals surface area contributed by atoms with Crippen LogP contribution in [0, 0.1) is 13.8 Å². The number of hydrogen-bond acceptors (Lipinski definition) is 11. The van der Waals surface area contributed by atoms with Crippen molar-refractivity contribution in [2.24, 2.45) is 0 Å². The highest BCUT2D eigenvalue weighted by Crippen LogP contribution is 2.56. The van der Waals surface area contributed by atoms with Gasteiger partial charge >= 0.3 is 12.4 Å². The Bertz CT molecular complexity index is 4110. The number of pyridine rings is 1. The summed E-state index contributed by atoms with van der Waals surface area (Å²) in [5.74, 6) is -1.76. The van der Waals surface area contributed by atoms with Gasteiger partial charge in [0.05, 0.1) is 6.20 Å².